The Morgan fingerprint density at radius 1 is 1.44 bits per heavy atom. The van der Waals surface area contributed by atoms with Crippen molar-refractivity contribution in [2.24, 2.45) is 5.92 Å². The number of carbonyl (C=O) groups excluding carboxylic acids is 1. The van der Waals surface area contributed by atoms with E-state index in [1.165, 1.54) is 12.1 Å². The van der Waals surface area contributed by atoms with Crippen molar-refractivity contribution in [3.05, 3.63) is 52.8 Å². The van der Waals surface area contributed by atoms with E-state index in [0.29, 0.717) is 18.1 Å². The fourth-order valence-corrected chi connectivity index (χ4v) is 2.64. The van der Waals surface area contributed by atoms with E-state index in [4.69, 9.17) is 15.7 Å². The molecule has 1 atom stereocenters. The molecule has 0 aromatic heterocycles. The van der Waals surface area contributed by atoms with E-state index in [1.54, 1.807) is 19.1 Å². The first-order valence-corrected chi connectivity index (χ1v) is 8.64. The Morgan fingerprint density at radius 3 is 2.81 bits per heavy atom. The van der Waals surface area contributed by atoms with Gasteiger partial charge in [0.25, 0.3) is 5.91 Å². The molecule has 0 heterocycles. The average Bonchev–Trinajstić information content (AvgIpc) is 3.45. The summed E-state index contributed by atoms with van der Waals surface area (Å²) >= 11 is 0. The number of phenolic OH excluding ortho intramolecular Hbond substituents is 1. The summed E-state index contributed by atoms with van der Waals surface area (Å²) in [5.74, 6) is -0.694. The van der Waals surface area contributed by atoms with E-state index < -0.39 is 17.8 Å². The molecule has 1 aliphatic rings. The molecule has 6 nitrogen and oxygen atoms in total. The maximum atomic E-state index is 14.2. The first-order chi connectivity index (χ1) is 12.9. The lowest BCUT2D eigenvalue weighted by atomic mass is 10.0. The van der Waals surface area contributed by atoms with Gasteiger partial charge in [0.2, 0.25) is 0 Å². The molecule has 1 fully saturated rings. The number of benzene rings is 2. The molecule has 1 saturated carbocycles. The normalized spacial score (nSPS) is 14.3. The number of nitrogens with two attached hydrogens (primary N) is 1. The zero-order chi connectivity index (χ0) is 19.6. The van der Waals surface area contributed by atoms with Crippen LogP contribution in [0.3, 0.4) is 0 Å². The predicted molar refractivity (Wildman–Crippen MR) is 97.7 cm³/mol. The second-order valence-corrected chi connectivity index (χ2v) is 6.71. The quantitative estimate of drug-likeness (QED) is 0.677. The summed E-state index contributed by atoms with van der Waals surface area (Å²) in [5, 5.41) is 21.6. The van der Waals surface area contributed by atoms with Gasteiger partial charge in [0.05, 0.1) is 29.5 Å². The van der Waals surface area contributed by atoms with Gasteiger partial charge >= 0.3 is 0 Å². The minimum Gasteiger partial charge on any atom is -0.507 e. The number of amides is 1. The van der Waals surface area contributed by atoms with Gasteiger partial charge in [-0.25, -0.2) is 4.39 Å². The second-order valence-electron chi connectivity index (χ2n) is 6.71. The summed E-state index contributed by atoms with van der Waals surface area (Å²) in [5.41, 5.74) is 6.26. The van der Waals surface area contributed by atoms with E-state index in [0.717, 1.165) is 18.9 Å². The topological polar surface area (TPSA) is 108 Å². The van der Waals surface area contributed by atoms with Crippen LogP contribution in [0.25, 0.3) is 0 Å². The van der Waals surface area contributed by atoms with Crippen molar-refractivity contribution >= 4 is 11.6 Å². The standard InChI is InChI=1S/C20H20FN3O3/c1-11(13-4-5-19(16(21)7-13)27-10-12-2-3-12)24-20(26)15-6-14(9-22)17(23)8-18(15)25/h4-8,11-12,25H,2-3,10,23H2,1H3,(H,24,26). The summed E-state index contributed by atoms with van der Waals surface area (Å²) in [7, 11) is 0. The fraction of sp³-hybridized carbons (Fsp3) is 0.300. The molecule has 2 aromatic rings. The van der Waals surface area contributed by atoms with Crippen molar-refractivity contribution in [1.82, 2.24) is 5.32 Å². The number of nitrogen functional groups attached to an aromatic ring is 1. The van der Waals surface area contributed by atoms with Crippen molar-refractivity contribution in [2.45, 2.75) is 25.8 Å². The first kappa shape index (κ1) is 18.5. The Balaban J connectivity index is 1.71. The van der Waals surface area contributed by atoms with E-state index >= 15 is 0 Å². The molecule has 2 aromatic carbocycles. The fourth-order valence-electron chi connectivity index (χ4n) is 2.64. The van der Waals surface area contributed by atoms with Crippen LogP contribution in [0.1, 0.15) is 47.3 Å². The SMILES string of the molecule is CC(NC(=O)c1cc(C#N)c(N)cc1O)c1ccc(OCC2CC2)c(F)c1. The number of hydrogen-bond donors (Lipinski definition) is 3. The van der Waals surface area contributed by atoms with Crippen LogP contribution < -0.4 is 15.8 Å². The summed E-state index contributed by atoms with van der Waals surface area (Å²) in [4.78, 5) is 12.4. The van der Waals surface area contributed by atoms with Gasteiger partial charge in [0.1, 0.15) is 11.8 Å². The molecule has 1 unspecified atom stereocenters. The summed E-state index contributed by atoms with van der Waals surface area (Å²) in [6.45, 7) is 2.21. The summed E-state index contributed by atoms with van der Waals surface area (Å²) in [6.07, 6.45) is 2.24. The number of carbonyl (C=O) groups is 1. The molecule has 0 aliphatic heterocycles. The van der Waals surface area contributed by atoms with Gasteiger partial charge in [0.15, 0.2) is 11.6 Å². The molecule has 0 saturated heterocycles. The van der Waals surface area contributed by atoms with Gasteiger partial charge in [0, 0.05) is 6.07 Å². The highest BCUT2D eigenvalue weighted by molar-refractivity contribution is 5.98. The van der Waals surface area contributed by atoms with Crippen LogP contribution in [0.15, 0.2) is 30.3 Å². The highest BCUT2D eigenvalue weighted by Gasteiger charge is 2.23. The highest BCUT2D eigenvalue weighted by atomic mass is 19.1. The number of aromatic hydroxyl groups is 1. The van der Waals surface area contributed by atoms with Gasteiger partial charge in [-0.3, -0.25) is 4.79 Å². The average molecular weight is 369 g/mol. The minimum absolute atomic E-state index is 0.0718. The number of rotatable bonds is 6. The zero-order valence-electron chi connectivity index (χ0n) is 14.8. The number of halogens is 1. The third-order valence-electron chi connectivity index (χ3n) is 4.51. The Morgan fingerprint density at radius 2 is 2.19 bits per heavy atom. The molecule has 1 aliphatic carbocycles. The molecule has 3 rings (SSSR count). The molecule has 27 heavy (non-hydrogen) atoms. The summed E-state index contributed by atoms with van der Waals surface area (Å²) in [6, 6.07) is 8.26. The lowest BCUT2D eigenvalue weighted by molar-refractivity contribution is 0.0937. The van der Waals surface area contributed by atoms with Gasteiger partial charge in [-0.05, 0) is 49.4 Å². The van der Waals surface area contributed by atoms with E-state index in [9.17, 15) is 14.3 Å². The second kappa shape index (κ2) is 7.54. The molecular formula is C20H20FN3O3. The van der Waals surface area contributed by atoms with Gasteiger partial charge in [-0.1, -0.05) is 6.07 Å². The monoisotopic (exact) mass is 369 g/mol. The Kier molecular flexibility index (Phi) is 5.17. The predicted octanol–water partition coefficient (Wildman–Crippen LogP) is 3.26. The van der Waals surface area contributed by atoms with E-state index in [1.807, 2.05) is 6.07 Å². The minimum atomic E-state index is -0.592. The lowest BCUT2D eigenvalue weighted by Gasteiger charge is -2.16. The van der Waals surface area contributed by atoms with Gasteiger partial charge < -0.3 is 20.9 Å². The lowest BCUT2D eigenvalue weighted by Crippen LogP contribution is -2.27. The van der Waals surface area contributed by atoms with Gasteiger partial charge in [-0.2, -0.15) is 5.26 Å². The van der Waals surface area contributed by atoms with Crippen molar-refractivity contribution in [3.8, 4) is 17.6 Å². The smallest absolute Gasteiger partial charge is 0.255 e. The molecule has 1 amide bonds. The van der Waals surface area contributed by atoms with E-state index in [2.05, 4.69) is 5.32 Å². The molecule has 4 N–H and O–H groups in total. The van der Waals surface area contributed by atoms with Crippen LogP contribution in [0.4, 0.5) is 10.1 Å². The Labute approximate surface area is 156 Å². The number of phenols is 1. The molecule has 0 bridgehead atoms. The van der Waals surface area contributed by atoms with Crippen LogP contribution in [0.5, 0.6) is 11.5 Å². The number of nitriles is 1. The molecular weight excluding hydrogens is 349 g/mol. The summed E-state index contributed by atoms with van der Waals surface area (Å²) < 4.78 is 19.7. The molecule has 0 radical (unpaired) electrons. The van der Waals surface area contributed by atoms with Gasteiger partial charge in [-0.15, -0.1) is 0 Å². The largest absolute Gasteiger partial charge is 0.507 e. The third-order valence-corrected chi connectivity index (χ3v) is 4.51. The zero-order valence-corrected chi connectivity index (χ0v) is 14.8. The van der Waals surface area contributed by atoms with Crippen molar-refractivity contribution < 1.29 is 19.0 Å². The Bertz CT molecular complexity index is 919. The molecule has 140 valence electrons. The first-order valence-electron chi connectivity index (χ1n) is 8.64. The van der Waals surface area contributed by atoms with Crippen molar-refractivity contribution in [2.75, 3.05) is 12.3 Å². The van der Waals surface area contributed by atoms with Crippen LogP contribution in [0, 0.1) is 23.1 Å². The van der Waals surface area contributed by atoms with Crippen molar-refractivity contribution in [1.29, 1.82) is 5.26 Å². The van der Waals surface area contributed by atoms with E-state index in [-0.39, 0.29) is 28.3 Å². The third kappa shape index (κ3) is 4.29. The maximum absolute atomic E-state index is 14.2. The van der Waals surface area contributed by atoms with Crippen LogP contribution in [0.2, 0.25) is 0 Å². The van der Waals surface area contributed by atoms with Crippen LogP contribution in [-0.2, 0) is 0 Å². The van der Waals surface area contributed by atoms with Crippen LogP contribution >= 0.6 is 0 Å². The number of hydrogen-bond acceptors (Lipinski definition) is 5. The number of nitrogens with zero attached hydrogens (tertiary/aromatic N) is 1. The molecule has 7 heteroatoms. The maximum Gasteiger partial charge on any atom is 0.255 e. The van der Waals surface area contributed by atoms with Crippen LogP contribution in [-0.4, -0.2) is 17.6 Å². The Hall–Kier alpha value is -3.27. The van der Waals surface area contributed by atoms with Crippen molar-refractivity contribution in [3.63, 3.8) is 0 Å². The number of anilines is 1. The molecule has 0 spiro atoms. The highest BCUT2D eigenvalue weighted by Crippen LogP contribution is 2.31. The number of ether oxygens (including phenoxy) is 1. The number of nitrogens with one attached hydrogen (secondary N) is 1.